The van der Waals surface area contributed by atoms with Crippen LogP contribution in [0.1, 0.15) is 37.7 Å². The minimum absolute atomic E-state index is 0.192. The largest absolute Gasteiger partial charge is 0.493 e. The Morgan fingerprint density at radius 1 is 1.11 bits per heavy atom. The Kier molecular flexibility index (Phi) is 5.65. The lowest BCUT2D eigenvalue weighted by Gasteiger charge is -2.16. The van der Waals surface area contributed by atoms with Crippen LogP contribution in [0.25, 0.3) is 22.1 Å². The van der Waals surface area contributed by atoms with Crippen molar-refractivity contribution in [3.05, 3.63) is 54.3 Å². The van der Waals surface area contributed by atoms with Crippen molar-refractivity contribution in [1.82, 2.24) is 0 Å². The van der Waals surface area contributed by atoms with Crippen LogP contribution < -0.4 is 4.74 Å². The molecular weight excluding hydrogens is 352 g/mol. The van der Waals surface area contributed by atoms with E-state index in [2.05, 4.69) is 18.2 Å². The fourth-order valence-electron chi connectivity index (χ4n) is 3.95. The molecule has 4 rings (SSSR count). The first-order valence-corrected chi connectivity index (χ1v) is 10.0. The Labute approximate surface area is 165 Å². The van der Waals surface area contributed by atoms with Crippen molar-refractivity contribution in [2.75, 3.05) is 13.7 Å². The Hall–Kier alpha value is -2.75. The molecule has 1 aliphatic rings. The number of hydrogen-bond donors (Lipinski definition) is 0. The Morgan fingerprint density at radius 2 is 1.96 bits per heavy atom. The maximum Gasteiger partial charge on any atom is 0.305 e. The first-order valence-electron chi connectivity index (χ1n) is 10.0. The second kappa shape index (κ2) is 8.51. The first kappa shape index (κ1) is 18.6. The predicted octanol–water partition coefficient (Wildman–Crippen LogP) is 5.77. The summed E-state index contributed by atoms with van der Waals surface area (Å²) < 4.78 is 16.5. The van der Waals surface area contributed by atoms with Gasteiger partial charge in [-0.3, -0.25) is 4.79 Å². The smallest absolute Gasteiger partial charge is 0.305 e. The molecule has 0 amide bonds. The fourth-order valence-corrected chi connectivity index (χ4v) is 3.95. The summed E-state index contributed by atoms with van der Waals surface area (Å²) in [5.41, 5.74) is 4.12. The van der Waals surface area contributed by atoms with Crippen molar-refractivity contribution in [3.63, 3.8) is 0 Å². The van der Waals surface area contributed by atoms with Gasteiger partial charge in [0.15, 0.2) is 0 Å². The molecule has 0 atom stereocenters. The predicted molar refractivity (Wildman–Crippen MR) is 109 cm³/mol. The molecule has 0 saturated heterocycles. The zero-order valence-electron chi connectivity index (χ0n) is 16.3. The molecule has 146 valence electrons. The average Bonchev–Trinajstić information content (AvgIpc) is 3.41. The minimum Gasteiger partial charge on any atom is -0.493 e. The van der Waals surface area contributed by atoms with Gasteiger partial charge in [0.05, 0.1) is 20.0 Å². The fraction of sp³-hybridized carbons (Fsp3) is 0.375. The van der Waals surface area contributed by atoms with Crippen LogP contribution in [0, 0.1) is 5.92 Å². The molecule has 4 nitrogen and oxygen atoms in total. The second-order valence-electron chi connectivity index (χ2n) is 7.54. The lowest BCUT2D eigenvalue weighted by molar-refractivity contribution is -0.140. The molecule has 2 aromatic carbocycles. The number of hydrogen-bond acceptors (Lipinski definition) is 4. The highest BCUT2D eigenvalue weighted by Gasteiger charge is 2.17. The Morgan fingerprint density at radius 3 is 2.79 bits per heavy atom. The zero-order chi connectivity index (χ0) is 19.3. The molecule has 1 aliphatic carbocycles. The summed E-state index contributed by atoms with van der Waals surface area (Å²) in [6, 6.07) is 14.4. The summed E-state index contributed by atoms with van der Waals surface area (Å²) in [6.07, 6.45) is 7.87. The maximum absolute atomic E-state index is 11.5. The number of carbonyl (C=O) groups is 1. The Bertz CT molecular complexity index is 950. The minimum atomic E-state index is -0.192. The van der Waals surface area contributed by atoms with E-state index in [1.807, 2.05) is 24.3 Å². The molecule has 4 heteroatoms. The number of furan rings is 1. The molecule has 1 aromatic heterocycles. The summed E-state index contributed by atoms with van der Waals surface area (Å²) in [5.74, 6) is 1.36. The van der Waals surface area contributed by atoms with Crippen molar-refractivity contribution in [2.45, 2.75) is 38.5 Å². The standard InChI is InChI=1S/C24H26O4/c1-26-24(25)11-7-17-6-9-23(28-16-18-4-2-3-5-18)21(14-17)19-8-10-22-20(15-19)12-13-27-22/h6,8-10,12-15,18H,2-5,7,11,16H2,1H3. The van der Waals surface area contributed by atoms with Gasteiger partial charge in [-0.2, -0.15) is 0 Å². The number of methoxy groups -OCH3 is 1. The highest BCUT2D eigenvalue weighted by Crippen LogP contribution is 2.35. The summed E-state index contributed by atoms with van der Waals surface area (Å²) in [5, 5.41) is 1.07. The van der Waals surface area contributed by atoms with E-state index in [1.54, 1.807) is 6.26 Å². The van der Waals surface area contributed by atoms with Crippen molar-refractivity contribution in [1.29, 1.82) is 0 Å². The second-order valence-corrected chi connectivity index (χ2v) is 7.54. The van der Waals surface area contributed by atoms with Crippen LogP contribution in [-0.4, -0.2) is 19.7 Å². The van der Waals surface area contributed by atoms with E-state index < -0.39 is 0 Å². The van der Waals surface area contributed by atoms with E-state index in [9.17, 15) is 4.79 Å². The van der Waals surface area contributed by atoms with Crippen LogP contribution in [0.5, 0.6) is 5.75 Å². The number of carbonyl (C=O) groups excluding carboxylic acids is 1. The van der Waals surface area contributed by atoms with Gasteiger partial charge in [0.2, 0.25) is 0 Å². The third kappa shape index (κ3) is 4.22. The third-order valence-corrected chi connectivity index (χ3v) is 5.60. The molecule has 0 bridgehead atoms. The van der Waals surface area contributed by atoms with Gasteiger partial charge in [-0.15, -0.1) is 0 Å². The molecule has 1 heterocycles. The van der Waals surface area contributed by atoms with E-state index >= 15 is 0 Å². The van der Waals surface area contributed by atoms with E-state index in [-0.39, 0.29) is 5.97 Å². The number of rotatable bonds is 7. The van der Waals surface area contributed by atoms with Crippen LogP contribution in [0.2, 0.25) is 0 Å². The molecule has 1 fully saturated rings. The van der Waals surface area contributed by atoms with Crippen molar-refractivity contribution in [2.24, 2.45) is 5.92 Å². The number of fused-ring (bicyclic) bond motifs is 1. The van der Waals surface area contributed by atoms with Crippen molar-refractivity contribution >= 4 is 16.9 Å². The van der Waals surface area contributed by atoms with E-state index in [0.29, 0.717) is 18.8 Å². The summed E-state index contributed by atoms with van der Waals surface area (Å²) in [4.78, 5) is 11.5. The SMILES string of the molecule is COC(=O)CCc1ccc(OCC2CCCC2)c(-c2ccc3occc3c2)c1. The molecule has 28 heavy (non-hydrogen) atoms. The van der Waals surface area contributed by atoms with Crippen molar-refractivity contribution < 1.29 is 18.7 Å². The molecule has 0 spiro atoms. The summed E-state index contributed by atoms with van der Waals surface area (Å²) in [6.45, 7) is 0.766. The van der Waals surface area contributed by atoms with Crippen LogP contribution in [0.15, 0.2) is 53.1 Å². The number of benzene rings is 2. The topological polar surface area (TPSA) is 48.7 Å². The molecule has 0 N–H and O–H groups in total. The quantitative estimate of drug-likeness (QED) is 0.489. The molecular formula is C24H26O4. The highest BCUT2D eigenvalue weighted by molar-refractivity contribution is 5.85. The summed E-state index contributed by atoms with van der Waals surface area (Å²) >= 11 is 0. The molecule has 0 radical (unpaired) electrons. The van der Waals surface area contributed by atoms with Gasteiger partial charge in [0.25, 0.3) is 0 Å². The number of aryl methyl sites for hydroxylation is 1. The normalized spacial score (nSPS) is 14.5. The lowest BCUT2D eigenvalue weighted by atomic mass is 9.98. The van der Waals surface area contributed by atoms with Gasteiger partial charge in [0.1, 0.15) is 11.3 Å². The van der Waals surface area contributed by atoms with E-state index in [4.69, 9.17) is 13.9 Å². The maximum atomic E-state index is 11.5. The van der Waals surface area contributed by atoms with Gasteiger partial charge in [-0.1, -0.05) is 25.0 Å². The van der Waals surface area contributed by atoms with Crippen LogP contribution in [0.3, 0.4) is 0 Å². The van der Waals surface area contributed by atoms with Crippen molar-refractivity contribution in [3.8, 4) is 16.9 Å². The number of ether oxygens (including phenoxy) is 2. The third-order valence-electron chi connectivity index (χ3n) is 5.60. The van der Waals surface area contributed by atoms with E-state index in [1.165, 1.54) is 32.8 Å². The van der Waals surface area contributed by atoms with Gasteiger partial charge >= 0.3 is 5.97 Å². The molecule has 3 aromatic rings. The first-order chi connectivity index (χ1) is 13.7. The van der Waals surface area contributed by atoms with Gasteiger partial charge < -0.3 is 13.9 Å². The summed E-state index contributed by atoms with van der Waals surface area (Å²) in [7, 11) is 1.42. The molecule has 0 aliphatic heterocycles. The van der Waals surface area contributed by atoms with Gasteiger partial charge in [-0.05, 0) is 66.6 Å². The molecule has 1 saturated carbocycles. The Balaban J connectivity index is 1.62. The highest BCUT2D eigenvalue weighted by atomic mass is 16.5. The molecule has 0 unspecified atom stereocenters. The zero-order valence-corrected chi connectivity index (χ0v) is 16.3. The van der Waals surface area contributed by atoms with Gasteiger partial charge in [0, 0.05) is 17.4 Å². The number of esters is 1. The van der Waals surface area contributed by atoms with Crippen LogP contribution in [-0.2, 0) is 16.0 Å². The lowest BCUT2D eigenvalue weighted by Crippen LogP contribution is -2.09. The average molecular weight is 378 g/mol. The van der Waals surface area contributed by atoms with Crippen LogP contribution in [0.4, 0.5) is 0 Å². The van der Waals surface area contributed by atoms with E-state index in [0.717, 1.165) is 40.0 Å². The van der Waals surface area contributed by atoms with Crippen LogP contribution >= 0.6 is 0 Å². The van der Waals surface area contributed by atoms with Gasteiger partial charge in [-0.25, -0.2) is 0 Å². The monoisotopic (exact) mass is 378 g/mol.